The number of aromatic nitrogens is 5. The molecule has 0 amide bonds. The topological polar surface area (TPSA) is 79.8 Å². The van der Waals surface area contributed by atoms with Crippen LogP contribution in [0.1, 0.15) is 25.1 Å². The van der Waals surface area contributed by atoms with Gasteiger partial charge in [0.15, 0.2) is 10.6 Å². The Balaban J connectivity index is 1.59. The normalized spacial score (nSPS) is 20.1. The van der Waals surface area contributed by atoms with Crippen molar-refractivity contribution >= 4 is 26.9 Å². The zero-order chi connectivity index (χ0) is 20.3. The summed E-state index contributed by atoms with van der Waals surface area (Å²) in [5, 5.41) is 9.23. The van der Waals surface area contributed by atoms with Gasteiger partial charge in [0, 0.05) is 37.4 Å². The van der Waals surface area contributed by atoms with Gasteiger partial charge >= 0.3 is 0 Å². The first-order chi connectivity index (χ1) is 13.9. The van der Waals surface area contributed by atoms with Crippen molar-refractivity contribution in [3.63, 3.8) is 0 Å². The van der Waals surface area contributed by atoms with E-state index in [1.54, 1.807) is 26.3 Å². The van der Waals surface area contributed by atoms with Crippen molar-refractivity contribution < 1.29 is 0 Å². The molecule has 2 atom stereocenters. The van der Waals surface area contributed by atoms with Crippen LogP contribution in [0.25, 0.3) is 22.0 Å². The Morgan fingerprint density at radius 2 is 1.83 bits per heavy atom. The van der Waals surface area contributed by atoms with Gasteiger partial charge in [-0.1, -0.05) is 11.3 Å². The van der Waals surface area contributed by atoms with Gasteiger partial charge < -0.3 is 10.2 Å². The number of hydrogen-bond donors (Lipinski definition) is 1. The van der Waals surface area contributed by atoms with Crippen molar-refractivity contribution in [2.75, 3.05) is 18.0 Å². The lowest BCUT2D eigenvalue weighted by atomic mass is 10.1. The Hall–Kier alpha value is -2.78. The Bertz CT molecular complexity index is 1280. The van der Waals surface area contributed by atoms with Gasteiger partial charge in [0.25, 0.3) is 5.56 Å². The fourth-order valence-electron chi connectivity index (χ4n) is 4.05. The Kier molecular flexibility index (Phi) is 4.18. The van der Waals surface area contributed by atoms with Crippen molar-refractivity contribution in [1.29, 1.82) is 0 Å². The molecular weight excluding hydrogens is 386 g/mol. The Labute approximate surface area is 171 Å². The van der Waals surface area contributed by atoms with E-state index >= 15 is 0 Å². The Morgan fingerprint density at radius 3 is 2.59 bits per heavy atom. The first-order valence-corrected chi connectivity index (χ1v) is 10.6. The van der Waals surface area contributed by atoms with E-state index in [4.69, 9.17) is 4.98 Å². The number of hydrogen-bond acceptors (Lipinski definition) is 7. The van der Waals surface area contributed by atoms with Crippen molar-refractivity contribution in [3.05, 3.63) is 46.1 Å². The fourth-order valence-corrected chi connectivity index (χ4v) is 5.05. The highest BCUT2D eigenvalue weighted by Gasteiger charge is 2.23. The van der Waals surface area contributed by atoms with Gasteiger partial charge in [-0.3, -0.25) is 9.20 Å². The van der Waals surface area contributed by atoms with Crippen LogP contribution in [0.2, 0.25) is 0 Å². The number of nitrogens with zero attached hydrogens (tertiary/aromatic N) is 6. The number of nitrogens with one attached hydrogen (secondary N) is 1. The minimum atomic E-state index is -0.0925. The predicted molar refractivity (Wildman–Crippen MR) is 115 cm³/mol. The maximum atomic E-state index is 12.8. The molecule has 8 nitrogen and oxygen atoms in total. The summed E-state index contributed by atoms with van der Waals surface area (Å²) < 4.78 is 3.39. The lowest BCUT2D eigenvalue weighted by Gasteiger charge is -2.36. The standard InChI is InChI=1S/C20H23N7OS/c1-11-5-16(24-27-9-14(4)22-19(11)27)15-6-17(28)26-10-18(29-20(26)23-15)25-7-12(2)21-13(3)8-25/h5-6,9-10,12-13,21H,7-8H2,1-4H3. The molecule has 0 aliphatic carbocycles. The molecule has 4 aromatic rings. The summed E-state index contributed by atoms with van der Waals surface area (Å²) in [5.41, 5.74) is 3.90. The van der Waals surface area contributed by atoms with E-state index in [-0.39, 0.29) is 5.56 Å². The van der Waals surface area contributed by atoms with Gasteiger partial charge in [-0.2, -0.15) is 5.10 Å². The number of rotatable bonds is 2. The maximum Gasteiger partial charge on any atom is 0.259 e. The van der Waals surface area contributed by atoms with Crippen molar-refractivity contribution in [2.45, 2.75) is 39.8 Å². The molecule has 2 unspecified atom stereocenters. The number of thiazole rings is 1. The second-order valence-corrected chi connectivity index (χ2v) is 8.93. The average molecular weight is 410 g/mol. The zero-order valence-electron chi connectivity index (χ0n) is 16.9. The van der Waals surface area contributed by atoms with Crippen LogP contribution in [-0.2, 0) is 0 Å². The third-order valence-corrected chi connectivity index (χ3v) is 6.26. The van der Waals surface area contributed by atoms with Gasteiger partial charge in [0.2, 0.25) is 0 Å². The van der Waals surface area contributed by atoms with E-state index in [0.717, 1.165) is 35.0 Å². The molecule has 0 aromatic carbocycles. The van der Waals surface area contributed by atoms with Crippen LogP contribution in [0, 0.1) is 13.8 Å². The first kappa shape index (κ1) is 18.3. The second kappa shape index (κ2) is 6.64. The van der Waals surface area contributed by atoms with Gasteiger partial charge in [-0.25, -0.2) is 14.5 Å². The van der Waals surface area contributed by atoms with Crippen LogP contribution in [0.5, 0.6) is 0 Å². The summed E-state index contributed by atoms with van der Waals surface area (Å²) in [6.45, 7) is 10.1. The fraction of sp³-hybridized carbons (Fsp3) is 0.400. The molecule has 1 aliphatic rings. The SMILES string of the molecule is Cc1cn2nc(-c3cc(=O)n4cc(N5CC(C)NC(C)C5)sc4n3)cc(C)c2n1. The highest BCUT2D eigenvalue weighted by atomic mass is 32.1. The summed E-state index contributed by atoms with van der Waals surface area (Å²) in [6.07, 6.45) is 3.79. The van der Waals surface area contributed by atoms with E-state index in [9.17, 15) is 4.79 Å². The van der Waals surface area contributed by atoms with E-state index < -0.39 is 0 Å². The molecule has 0 bridgehead atoms. The number of anilines is 1. The summed E-state index contributed by atoms with van der Waals surface area (Å²) >= 11 is 1.55. The maximum absolute atomic E-state index is 12.8. The van der Waals surface area contributed by atoms with E-state index in [2.05, 4.69) is 34.1 Å². The molecule has 1 saturated heterocycles. The molecule has 1 N–H and O–H groups in total. The third kappa shape index (κ3) is 3.20. The summed E-state index contributed by atoms with van der Waals surface area (Å²) in [6, 6.07) is 4.31. The minimum Gasteiger partial charge on any atom is -0.359 e. The predicted octanol–water partition coefficient (Wildman–Crippen LogP) is 2.27. The first-order valence-electron chi connectivity index (χ1n) is 9.75. The zero-order valence-corrected chi connectivity index (χ0v) is 17.7. The monoisotopic (exact) mass is 409 g/mol. The lowest BCUT2D eigenvalue weighted by molar-refractivity contribution is 0.408. The Morgan fingerprint density at radius 1 is 1.07 bits per heavy atom. The summed E-state index contributed by atoms with van der Waals surface area (Å²) in [7, 11) is 0. The number of aryl methyl sites for hydroxylation is 2. The van der Waals surface area contributed by atoms with Gasteiger partial charge in [0.1, 0.15) is 10.7 Å². The van der Waals surface area contributed by atoms with Crippen LogP contribution >= 0.6 is 11.3 Å². The van der Waals surface area contributed by atoms with E-state index in [1.165, 1.54) is 0 Å². The minimum absolute atomic E-state index is 0.0925. The molecule has 5 rings (SSSR count). The molecule has 5 heterocycles. The number of fused-ring (bicyclic) bond motifs is 2. The molecule has 29 heavy (non-hydrogen) atoms. The smallest absolute Gasteiger partial charge is 0.259 e. The molecule has 0 spiro atoms. The highest BCUT2D eigenvalue weighted by molar-refractivity contribution is 7.20. The van der Waals surface area contributed by atoms with Crippen LogP contribution in [0.3, 0.4) is 0 Å². The van der Waals surface area contributed by atoms with Crippen molar-refractivity contribution in [3.8, 4) is 11.4 Å². The van der Waals surface area contributed by atoms with Gasteiger partial charge in [-0.05, 0) is 39.3 Å². The average Bonchev–Trinajstić information content (AvgIpc) is 3.24. The number of imidazole rings is 1. The quantitative estimate of drug-likeness (QED) is 0.547. The van der Waals surface area contributed by atoms with Crippen molar-refractivity contribution in [1.82, 2.24) is 29.3 Å². The molecule has 4 aromatic heterocycles. The van der Waals surface area contributed by atoms with Crippen LogP contribution in [0.15, 0.2) is 29.3 Å². The number of piperazine rings is 1. The molecule has 1 aliphatic heterocycles. The van der Waals surface area contributed by atoms with Crippen LogP contribution in [-0.4, -0.2) is 49.2 Å². The van der Waals surface area contributed by atoms with Gasteiger partial charge in [-0.15, -0.1) is 0 Å². The molecule has 0 saturated carbocycles. The van der Waals surface area contributed by atoms with Crippen LogP contribution in [0.4, 0.5) is 5.00 Å². The third-order valence-electron chi connectivity index (χ3n) is 5.22. The molecule has 150 valence electrons. The summed E-state index contributed by atoms with van der Waals surface area (Å²) in [5.74, 6) is 0. The second-order valence-electron chi connectivity index (χ2n) is 7.94. The van der Waals surface area contributed by atoms with Crippen molar-refractivity contribution in [2.24, 2.45) is 0 Å². The molecule has 1 fully saturated rings. The molecular formula is C20H23N7OS. The highest BCUT2D eigenvalue weighted by Crippen LogP contribution is 2.28. The van der Waals surface area contributed by atoms with E-state index in [1.807, 2.05) is 32.3 Å². The van der Waals surface area contributed by atoms with Crippen LogP contribution < -0.4 is 15.8 Å². The molecule has 0 radical (unpaired) electrons. The molecule has 9 heteroatoms. The largest absolute Gasteiger partial charge is 0.359 e. The van der Waals surface area contributed by atoms with Gasteiger partial charge in [0.05, 0.1) is 17.6 Å². The lowest BCUT2D eigenvalue weighted by Crippen LogP contribution is -2.54. The summed E-state index contributed by atoms with van der Waals surface area (Å²) in [4.78, 5) is 25.1. The van der Waals surface area contributed by atoms with E-state index in [0.29, 0.717) is 28.4 Å².